The summed E-state index contributed by atoms with van der Waals surface area (Å²) < 4.78 is 2.56. The van der Waals surface area contributed by atoms with Crippen LogP contribution in [0.3, 0.4) is 0 Å². The maximum atomic E-state index is 2.44. The Balaban J connectivity index is 1.00. The summed E-state index contributed by atoms with van der Waals surface area (Å²) in [5, 5.41) is 7.55. The van der Waals surface area contributed by atoms with E-state index in [4.69, 9.17) is 0 Å². The quantitative estimate of drug-likeness (QED) is 0.147. The van der Waals surface area contributed by atoms with Gasteiger partial charge < -0.3 is 4.90 Å². The molecule has 0 saturated heterocycles. The van der Waals surface area contributed by atoms with Crippen molar-refractivity contribution in [2.45, 2.75) is 0 Å². The van der Waals surface area contributed by atoms with Gasteiger partial charge in [0.1, 0.15) is 0 Å². The highest BCUT2D eigenvalue weighted by Crippen LogP contribution is 2.47. The third-order valence-corrected chi connectivity index (χ3v) is 13.9. The molecule has 0 radical (unpaired) electrons. The summed E-state index contributed by atoms with van der Waals surface area (Å²) in [6.45, 7) is 0. The molecular weight excluding hydrogens is 791 g/mol. The van der Waals surface area contributed by atoms with Gasteiger partial charge in [0.05, 0.1) is 10.4 Å². The molecule has 0 bridgehead atoms. The van der Waals surface area contributed by atoms with Gasteiger partial charge in [-0.2, -0.15) is 0 Å². The summed E-state index contributed by atoms with van der Waals surface area (Å²) in [5.41, 5.74) is 15.5. The van der Waals surface area contributed by atoms with Crippen LogP contribution in [0.4, 0.5) is 17.1 Å². The Bertz CT molecular complexity index is 3630. The molecule has 1 nitrogen and oxygen atoms in total. The van der Waals surface area contributed by atoms with Crippen LogP contribution >= 0.6 is 11.3 Å². The molecule has 0 atom stereocenters. The number of fused-ring (bicyclic) bond motifs is 5. The van der Waals surface area contributed by atoms with Gasteiger partial charge in [-0.15, -0.1) is 11.3 Å². The van der Waals surface area contributed by atoms with E-state index in [0.717, 1.165) is 11.4 Å². The molecule has 0 fully saturated rings. The van der Waals surface area contributed by atoms with Crippen molar-refractivity contribution in [3.05, 3.63) is 249 Å². The van der Waals surface area contributed by atoms with Crippen molar-refractivity contribution in [2.24, 2.45) is 0 Å². The Kier molecular flexibility index (Phi) is 9.43. The van der Waals surface area contributed by atoms with Gasteiger partial charge in [-0.3, -0.25) is 0 Å². The molecule has 1 aromatic heterocycles. The van der Waals surface area contributed by atoms with E-state index in [-0.39, 0.29) is 0 Å². The van der Waals surface area contributed by atoms with Gasteiger partial charge in [0.25, 0.3) is 0 Å². The van der Waals surface area contributed by atoms with Gasteiger partial charge in [0.2, 0.25) is 0 Å². The first kappa shape index (κ1) is 37.7. The third kappa shape index (κ3) is 6.64. The van der Waals surface area contributed by atoms with Crippen LogP contribution in [0.15, 0.2) is 249 Å². The number of thiophene rings is 1. The minimum Gasteiger partial charge on any atom is -0.309 e. The van der Waals surface area contributed by atoms with Gasteiger partial charge in [0.15, 0.2) is 0 Å². The lowest BCUT2D eigenvalue weighted by atomic mass is 9.85. The summed E-state index contributed by atoms with van der Waals surface area (Å²) >= 11 is 1.87. The van der Waals surface area contributed by atoms with Gasteiger partial charge >= 0.3 is 0 Å². The van der Waals surface area contributed by atoms with Crippen molar-refractivity contribution in [3.63, 3.8) is 0 Å². The molecule has 0 aliphatic carbocycles. The van der Waals surface area contributed by atoms with Gasteiger partial charge in [-0.25, -0.2) is 0 Å². The molecule has 0 aliphatic rings. The van der Waals surface area contributed by atoms with E-state index < -0.39 is 0 Å². The first-order chi connectivity index (χ1) is 31.7. The SMILES string of the molecule is c1ccc(-c2cc(-c3ccccc3)c3ccccc3c2-c2ccc(N(c3ccc(-c4ccc5cccc(-c6ccccc6)c5c4)cc3)c3cccc4c3sc3ccccc34)cc2)cc1. The summed E-state index contributed by atoms with van der Waals surface area (Å²) in [7, 11) is 0. The second-order valence-electron chi connectivity index (χ2n) is 16.4. The topological polar surface area (TPSA) is 3.24 Å². The smallest absolute Gasteiger partial charge is 0.0640 e. The van der Waals surface area contributed by atoms with Crippen LogP contribution in [0.5, 0.6) is 0 Å². The van der Waals surface area contributed by atoms with Crippen LogP contribution < -0.4 is 4.90 Å². The molecule has 12 rings (SSSR count). The zero-order valence-corrected chi connectivity index (χ0v) is 35.8. The van der Waals surface area contributed by atoms with E-state index in [1.807, 2.05) is 11.3 Å². The fraction of sp³-hybridized carbons (Fsp3) is 0. The predicted molar refractivity (Wildman–Crippen MR) is 276 cm³/mol. The monoisotopic (exact) mass is 831 g/mol. The Labute approximate surface area is 377 Å². The Morgan fingerprint density at radius 3 is 1.50 bits per heavy atom. The summed E-state index contributed by atoms with van der Waals surface area (Å²) in [6, 6.07) is 90.9. The van der Waals surface area contributed by atoms with Crippen molar-refractivity contribution in [2.75, 3.05) is 4.90 Å². The standard InChI is InChI=1S/C62H41NS/c1-4-16-43(17-5-1)51-26-14-22-46-30-31-48(40-56(46)51)42-32-36-49(37-33-42)63(59-28-15-27-55-53-24-12-13-29-60(53)64-62(55)59)50-38-34-47(35-39-50)61-54-25-11-10-23-52(54)57(44-18-6-2-7-19-44)41-58(61)45-20-8-3-9-21-45/h1-41H. The molecule has 2 heteroatoms. The van der Waals surface area contributed by atoms with Crippen molar-refractivity contribution in [3.8, 4) is 55.6 Å². The van der Waals surface area contributed by atoms with Crippen LogP contribution in [-0.4, -0.2) is 0 Å². The van der Waals surface area contributed by atoms with E-state index in [1.54, 1.807) is 0 Å². The first-order valence-corrected chi connectivity index (χ1v) is 22.7. The molecule has 0 saturated carbocycles. The zero-order valence-electron chi connectivity index (χ0n) is 35.0. The van der Waals surface area contributed by atoms with Crippen molar-refractivity contribution in [1.82, 2.24) is 0 Å². The number of hydrogen-bond donors (Lipinski definition) is 0. The van der Waals surface area contributed by atoms with Gasteiger partial charge in [0, 0.05) is 26.8 Å². The van der Waals surface area contributed by atoms with Crippen molar-refractivity contribution >= 4 is 70.1 Å². The molecule has 11 aromatic carbocycles. The van der Waals surface area contributed by atoms with Crippen LogP contribution in [0.25, 0.3) is 97.4 Å². The third-order valence-electron chi connectivity index (χ3n) is 12.7. The average molecular weight is 832 g/mol. The number of hydrogen-bond acceptors (Lipinski definition) is 2. The molecule has 0 spiro atoms. The number of nitrogens with zero attached hydrogens (tertiary/aromatic N) is 1. The minimum atomic E-state index is 1.10. The molecule has 1 heterocycles. The maximum Gasteiger partial charge on any atom is 0.0640 e. The Morgan fingerprint density at radius 1 is 0.281 bits per heavy atom. The van der Waals surface area contributed by atoms with Crippen LogP contribution in [0.2, 0.25) is 0 Å². The van der Waals surface area contributed by atoms with E-state index >= 15 is 0 Å². The molecule has 300 valence electrons. The first-order valence-electron chi connectivity index (χ1n) is 21.9. The second kappa shape index (κ2) is 16.0. The summed E-state index contributed by atoms with van der Waals surface area (Å²) in [6.07, 6.45) is 0. The highest BCUT2D eigenvalue weighted by Gasteiger charge is 2.21. The lowest BCUT2D eigenvalue weighted by Gasteiger charge is -2.27. The second-order valence-corrected chi connectivity index (χ2v) is 17.5. The maximum absolute atomic E-state index is 2.44. The van der Waals surface area contributed by atoms with E-state index in [9.17, 15) is 0 Å². The highest BCUT2D eigenvalue weighted by molar-refractivity contribution is 7.26. The summed E-state index contributed by atoms with van der Waals surface area (Å²) in [5.74, 6) is 0. The number of benzene rings is 11. The largest absolute Gasteiger partial charge is 0.309 e. The fourth-order valence-corrected chi connectivity index (χ4v) is 10.8. The normalized spacial score (nSPS) is 11.4. The lowest BCUT2D eigenvalue weighted by Crippen LogP contribution is -2.10. The average Bonchev–Trinajstić information content (AvgIpc) is 3.76. The molecule has 12 aromatic rings. The molecule has 0 aliphatic heterocycles. The van der Waals surface area contributed by atoms with Crippen LogP contribution in [-0.2, 0) is 0 Å². The van der Waals surface area contributed by atoms with Crippen LogP contribution in [0, 0.1) is 0 Å². The van der Waals surface area contributed by atoms with E-state index in [2.05, 4.69) is 254 Å². The van der Waals surface area contributed by atoms with Crippen molar-refractivity contribution in [1.29, 1.82) is 0 Å². The van der Waals surface area contributed by atoms with Crippen LogP contribution in [0.1, 0.15) is 0 Å². The van der Waals surface area contributed by atoms with E-state index in [1.165, 1.54) is 103 Å². The molecule has 64 heavy (non-hydrogen) atoms. The molecular formula is C62H41NS. The van der Waals surface area contributed by atoms with Gasteiger partial charge in [-0.1, -0.05) is 200 Å². The van der Waals surface area contributed by atoms with Gasteiger partial charge in [-0.05, 0) is 126 Å². The fourth-order valence-electron chi connectivity index (χ4n) is 9.63. The lowest BCUT2D eigenvalue weighted by molar-refractivity contribution is 1.30. The molecule has 0 N–H and O–H groups in total. The molecule has 0 unspecified atom stereocenters. The van der Waals surface area contributed by atoms with E-state index in [0.29, 0.717) is 0 Å². The number of rotatable bonds is 8. The zero-order chi connectivity index (χ0) is 42.4. The predicted octanol–water partition coefficient (Wildman–Crippen LogP) is 18.2. The minimum absolute atomic E-state index is 1.10. The number of anilines is 3. The molecule has 0 amide bonds. The Morgan fingerprint density at radius 2 is 0.812 bits per heavy atom. The Hall–Kier alpha value is -8.04. The highest BCUT2D eigenvalue weighted by atomic mass is 32.1. The summed E-state index contributed by atoms with van der Waals surface area (Å²) in [4.78, 5) is 2.44. The van der Waals surface area contributed by atoms with Crippen molar-refractivity contribution < 1.29 is 0 Å².